The third kappa shape index (κ3) is 3.39. The van der Waals surface area contributed by atoms with Gasteiger partial charge in [-0.15, -0.1) is 0 Å². The number of rotatable bonds is 4. The molecule has 1 nitrogen and oxygen atoms in total. The molecule has 0 spiro atoms. The molecule has 126 valence electrons. The highest BCUT2D eigenvalue weighted by Gasteiger charge is 2.30. The number of fused-ring (bicyclic) bond motifs is 2. The van der Waals surface area contributed by atoms with Gasteiger partial charge in [0, 0.05) is 0 Å². The van der Waals surface area contributed by atoms with Gasteiger partial charge in [0.1, 0.15) is 0 Å². The molecule has 0 saturated carbocycles. The first-order valence-corrected chi connectivity index (χ1v) is 8.02. The maximum atomic E-state index is 13.1. The Morgan fingerprint density at radius 2 is 1.58 bits per heavy atom. The summed E-state index contributed by atoms with van der Waals surface area (Å²) >= 11 is 0. The number of aryl methyl sites for hydroxylation is 1. The van der Waals surface area contributed by atoms with E-state index in [4.69, 9.17) is 0 Å². The van der Waals surface area contributed by atoms with Gasteiger partial charge in [0.15, 0.2) is 0 Å². The number of benzene rings is 3. The molecule has 0 aliphatic carbocycles. The van der Waals surface area contributed by atoms with Crippen LogP contribution in [0.5, 0.6) is 0 Å². The van der Waals surface area contributed by atoms with Crippen molar-refractivity contribution in [1.82, 2.24) is 4.90 Å². The number of hydrogen-bond donors (Lipinski definition) is 0. The van der Waals surface area contributed by atoms with Gasteiger partial charge in [-0.1, -0.05) is 30.3 Å². The van der Waals surface area contributed by atoms with Crippen molar-refractivity contribution < 1.29 is 13.2 Å². The number of alkyl halides is 3. The summed E-state index contributed by atoms with van der Waals surface area (Å²) in [7, 11) is 4.01. The van der Waals surface area contributed by atoms with Crippen LogP contribution in [0, 0.1) is 0 Å². The highest BCUT2D eigenvalue weighted by molar-refractivity contribution is 6.02. The Morgan fingerprint density at radius 3 is 2.29 bits per heavy atom. The summed E-state index contributed by atoms with van der Waals surface area (Å²) in [5.41, 5.74) is 0.426. The summed E-state index contributed by atoms with van der Waals surface area (Å²) in [4.78, 5) is 2.09. The molecule has 0 N–H and O–H groups in total. The smallest absolute Gasteiger partial charge is 0.309 e. The predicted molar refractivity (Wildman–Crippen MR) is 93.3 cm³/mol. The quantitative estimate of drug-likeness (QED) is 0.570. The molecule has 0 amide bonds. The standard InChI is InChI=1S/C20H20F3N/c1-24(2)11-5-8-18-17-7-4-3-6-14(17)12-15-9-10-16(13-19(15)18)20(21,22)23/h3-4,6-7,9-10,12-13H,5,8,11H2,1-2H3. The molecular weight excluding hydrogens is 311 g/mol. The third-order valence-electron chi connectivity index (χ3n) is 4.33. The van der Waals surface area contributed by atoms with E-state index in [1.165, 1.54) is 12.1 Å². The zero-order chi connectivity index (χ0) is 17.3. The lowest BCUT2D eigenvalue weighted by Gasteiger charge is -2.15. The molecule has 3 aromatic rings. The molecule has 0 aromatic heterocycles. The maximum absolute atomic E-state index is 13.1. The molecule has 3 rings (SSSR count). The van der Waals surface area contributed by atoms with E-state index in [2.05, 4.69) is 4.90 Å². The van der Waals surface area contributed by atoms with Crippen molar-refractivity contribution >= 4 is 21.5 Å². The predicted octanol–water partition coefficient (Wildman–Crippen LogP) is 5.51. The van der Waals surface area contributed by atoms with E-state index in [1.54, 1.807) is 6.07 Å². The largest absolute Gasteiger partial charge is 0.416 e. The van der Waals surface area contributed by atoms with Crippen LogP contribution in [-0.4, -0.2) is 25.5 Å². The third-order valence-corrected chi connectivity index (χ3v) is 4.33. The van der Waals surface area contributed by atoms with Gasteiger partial charge in [-0.05, 0) is 78.8 Å². The molecule has 0 bridgehead atoms. The SMILES string of the molecule is CN(C)CCCc1c2ccccc2cc2ccc(C(F)(F)F)cc12. The molecule has 4 heteroatoms. The molecular formula is C20H20F3N. The number of nitrogens with zero attached hydrogens (tertiary/aromatic N) is 1. The fourth-order valence-corrected chi connectivity index (χ4v) is 3.17. The van der Waals surface area contributed by atoms with Crippen molar-refractivity contribution in [2.45, 2.75) is 19.0 Å². The molecule has 0 aliphatic heterocycles. The summed E-state index contributed by atoms with van der Waals surface area (Å²) in [5.74, 6) is 0. The molecule has 0 unspecified atom stereocenters. The van der Waals surface area contributed by atoms with Gasteiger partial charge in [-0.2, -0.15) is 13.2 Å². The van der Waals surface area contributed by atoms with Crippen molar-refractivity contribution in [1.29, 1.82) is 0 Å². The van der Waals surface area contributed by atoms with Crippen LogP contribution in [0.3, 0.4) is 0 Å². The van der Waals surface area contributed by atoms with Gasteiger partial charge in [0.2, 0.25) is 0 Å². The Morgan fingerprint density at radius 1 is 0.875 bits per heavy atom. The summed E-state index contributed by atoms with van der Waals surface area (Å²) < 4.78 is 39.3. The first kappa shape index (κ1) is 16.8. The molecule has 0 aliphatic rings. The second-order valence-electron chi connectivity index (χ2n) is 6.42. The van der Waals surface area contributed by atoms with Gasteiger partial charge in [-0.25, -0.2) is 0 Å². The van der Waals surface area contributed by atoms with E-state index in [0.29, 0.717) is 5.39 Å². The lowest BCUT2D eigenvalue weighted by atomic mass is 9.92. The van der Waals surface area contributed by atoms with Crippen LogP contribution in [0.2, 0.25) is 0 Å². The summed E-state index contributed by atoms with van der Waals surface area (Å²) in [6.45, 7) is 0.906. The summed E-state index contributed by atoms with van der Waals surface area (Å²) in [6, 6.07) is 13.9. The molecule has 24 heavy (non-hydrogen) atoms. The lowest BCUT2D eigenvalue weighted by Crippen LogP contribution is -2.13. The average molecular weight is 331 g/mol. The van der Waals surface area contributed by atoms with Crippen molar-refractivity contribution in [3.63, 3.8) is 0 Å². The van der Waals surface area contributed by atoms with E-state index in [0.717, 1.165) is 41.1 Å². The Labute approximate surface area is 139 Å². The molecule has 0 saturated heterocycles. The molecule has 3 aromatic carbocycles. The highest BCUT2D eigenvalue weighted by atomic mass is 19.4. The van der Waals surface area contributed by atoms with Gasteiger partial charge < -0.3 is 4.90 Å². The van der Waals surface area contributed by atoms with Crippen LogP contribution in [0.25, 0.3) is 21.5 Å². The Kier molecular flexibility index (Phi) is 4.50. The van der Waals surface area contributed by atoms with Gasteiger partial charge in [0.05, 0.1) is 5.56 Å². The van der Waals surface area contributed by atoms with Crippen LogP contribution in [0.4, 0.5) is 13.2 Å². The van der Waals surface area contributed by atoms with Gasteiger partial charge >= 0.3 is 6.18 Å². The number of hydrogen-bond acceptors (Lipinski definition) is 1. The highest BCUT2D eigenvalue weighted by Crippen LogP contribution is 2.35. The minimum absolute atomic E-state index is 0.584. The fraction of sp³-hybridized carbons (Fsp3) is 0.300. The van der Waals surface area contributed by atoms with Crippen molar-refractivity contribution in [3.05, 3.63) is 59.7 Å². The van der Waals surface area contributed by atoms with Crippen molar-refractivity contribution in [2.75, 3.05) is 20.6 Å². The van der Waals surface area contributed by atoms with Crippen molar-refractivity contribution in [2.24, 2.45) is 0 Å². The first-order valence-electron chi connectivity index (χ1n) is 8.02. The van der Waals surface area contributed by atoms with E-state index in [-0.39, 0.29) is 0 Å². The fourth-order valence-electron chi connectivity index (χ4n) is 3.17. The summed E-state index contributed by atoms with van der Waals surface area (Å²) in [5, 5.41) is 3.69. The average Bonchev–Trinajstić information content (AvgIpc) is 2.52. The first-order chi connectivity index (χ1) is 11.4. The zero-order valence-electron chi connectivity index (χ0n) is 13.8. The molecule has 0 radical (unpaired) electrons. The van der Waals surface area contributed by atoms with E-state index < -0.39 is 11.7 Å². The van der Waals surface area contributed by atoms with Crippen molar-refractivity contribution in [3.8, 4) is 0 Å². The van der Waals surface area contributed by atoms with Crippen LogP contribution in [-0.2, 0) is 12.6 Å². The normalized spacial score (nSPS) is 12.4. The van der Waals surface area contributed by atoms with E-state index in [1.807, 2.05) is 44.4 Å². The molecule has 0 atom stereocenters. The minimum atomic E-state index is -4.32. The topological polar surface area (TPSA) is 3.24 Å². The Bertz CT molecular complexity index is 866. The number of halogens is 3. The molecule has 0 fully saturated rings. The van der Waals surface area contributed by atoms with Crippen LogP contribution in [0.1, 0.15) is 17.5 Å². The van der Waals surface area contributed by atoms with E-state index in [9.17, 15) is 13.2 Å². The van der Waals surface area contributed by atoms with E-state index >= 15 is 0 Å². The maximum Gasteiger partial charge on any atom is 0.416 e. The van der Waals surface area contributed by atoms with Gasteiger partial charge in [-0.3, -0.25) is 0 Å². The van der Waals surface area contributed by atoms with Crippen LogP contribution in [0.15, 0.2) is 48.5 Å². The molecule has 0 heterocycles. The lowest BCUT2D eigenvalue weighted by molar-refractivity contribution is -0.137. The monoisotopic (exact) mass is 331 g/mol. The minimum Gasteiger partial charge on any atom is -0.309 e. The second-order valence-corrected chi connectivity index (χ2v) is 6.42. The Balaban J connectivity index is 2.19. The van der Waals surface area contributed by atoms with Crippen LogP contribution < -0.4 is 0 Å². The second kappa shape index (κ2) is 6.44. The Hall–Kier alpha value is -2.07. The summed E-state index contributed by atoms with van der Waals surface area (Å²) in [6.07, 6.45) is -2.65. The van der Waals surface area contributed by atoms with Gasteiger partial charge in [0.25, 0.3) is 0 Å². The zero-order valence-corrected chi connectivity index (χ0v) is 13.8. The van der Waals surface area contributed by atoms with Crippen LogP contribution >= 0.6 is 0 Å².